The van der Waals surface area contributed by atoms with E-state index in [2.05, 4.69) is 5.32 Å². The van der Waals surface area contributed by atoms with E-state index in [0.29, 0.717) is 11.3 Å². The van der Waals surface area contributed by atoms with Gasteiger partial charge in [0.15, 0.2) is 0 Å². The fraction of sp³-hybridized carbons (Fsp3) is 0.214. The molecule has 19 heavy (non-hydrogen) atoms. The van der Waals surface area contributed by atoms with Crippen LogP contribution in [0.2, 0.25) is 0 Å². The first-order valence-electron chi connectivity index (χ1n) is 5.92. The molecular weight excluding hydrogens is 260 g/mol. The molecule has 2 rings (SSSR count). The molecule has 5 heteroatoms. The van der Waals surface area contributed by atoms with Crippen LogP contribution in [0.3, 0.4) is 0 Å². The van der Waals surface area contributed by atoms with E-state index < -0.39 is 6.10 Å². The van der Waals surface area contributed by atoms with Crippen LogP contribution in [0.5, 0.6) is 0 Å². The number of nitrogens with one attached hydrogen (secondary N) is 1. The number of anilines is 1. The van der Waals surface area contributed by atoms with Gasteiger partial charge >= 0.3 is 0 Å². The van der Waals surface area contributed by atoms with Crippen molar-refractivity contribution in [3.63, 3.8) is 0 Å². The van der Waals surface area contributed by atoms with E-state index in [1.54, 1.807) is 29.6 Å². The molecule has 0 saturated heterocycles. The predicted octanol–water partition coefficient (Wildman–Crippen LogP) is 2.10. The Kier molecular flexibility index (Phi) is 4.19. The molecule has 2 aromatic rings. The summed E-state index contributed by atoms with van der Waals surface area (Å²) >= 11 is 1.49. The molecule has 1 atom stereocenters. The maximum atomic E-state index is 11.9. The fourth-order valence-corrected chi connectivity index (χ4v) is 2.54. The number of benzene rings is 1. The summed E-state index contributed by atoms with van der Waals surface area (Å²) in [5.41, 5.74) is 8.57. The molecule has 100 valence electrons. The van der Waals surface area contributed by atoms with Gasteiger partial charge in [-0.25, -0.2) is 0 Å². The first-order valence-corrected chi connectivity index (χ1v) is 6.86. The third-order valence-corrected chi connectivity index (χ3v) is 3.74. The molecule has 1 aromatic heterocycles. The van der Waals surface area contributed by atoms with E-state index in [1.807, 2.05) is 12.3 Å². The number of nitrogens with two attached hydrogens (primary N) is 1. The highest BCUT2D eigenvalue weighted by Gasteiger charge is 2.12. The molecule has 1 aromatic carbocycles. The van der Waals surface area contributed by atoms with Crippen LogP contribution in [0, 0.1) is 6.92 Å². The van der Waals surface area contributed by atoms with Crippen molar-refractivity contribution < 1.29 is 9.90 Å². The highest BCUT2D eigenvalue weighted by Crippen LogP contribution is 2.16. The maximum Gasteiger partial charge on any atom is 0.252 e. The first kappa shape index (κ1) is 13.6. The Morgan fingerprint density at radius 2 is 2.05 bits per heavy atom. The van der Waals surface area contributed by atoms with Gasteiger partial charge in [0, 0.05) is 17.6 Å². The summed E-state index contributed by atoms with van der Waals surface area (Å²) in [6, 6.07) is 6.96. The second kappa shape index (κ2) is 5.86. The van der Waals surface area contributed by atoms with Crippen molar-refractivity contribution in [2.24, 2.45) is 0 Å². The Morgan fingerprint density at radius 3 is 2.63 bits per heavy atom. The van der Waals surface area contributed by atoms with E-state index in [0.717, 1.165) is 11.1 Å². The zero-order chi connectivity index (χ0) is 13.8. The summed E-state index contributed by atoms with van der Waals surface area (Å²) in [5.74, 6) is -0.159. The van der Waals surface area contributed by atoms with E-state index >= 15 is 0 Å². The minimum Gasteiger partial charge on any atom is -0.399 e. The number of carbonyl (C=O) groups excluding carboxylic acids is 1. The van der Waals surface area contributed by atoms with Crippen LogP contribution in [0.1, 0.15) is 27.6 Å². The second-order valence-electron chi connectivity index (χ2n) is 4.36. The SMILES string of the molecule is Cc1cscc1C(=O)NCC(O)c1ccc(N)cc1. The van der Waals surface area contributed by atoms with Crippen molar-refractivity contribution in [3.8, 4) is 0 Å². The topological polar surface area (TPSA) is 75.3 Å². The number of hydrogen-bond donors (Lipinski definition) is 3. The van der Waals surface area contributed by atoms with Gasteiger partial charge in [-0.05, 0) is 35.6 Å². The van der Waals surface area contributed by atoms with Crippen LogP contribution in [-0.4, -0.2) is 17.6 Å². The summed E-state index contributed by atoms with van der Waals surface area (Å²) in [4.78, 5) is 11.9. The van der Waals surface area contributed by atoms with E-state index in [9.17, 15) is 9.90 Å². The van der Waals surface area contributed by atoms with Crippen molar-refractivity contribution in [3.05, 3.63) is 51.7 Å². The summed E-state index contributed by atoms with van der Waals surface area (Å²) < 4.78 is 0. The molecule has 0 radical (unpaired) electrons. The molecule has 0 fully saturated rings. The van der Waals surface area contributed by atoms with Gasteiger partial charge in [0.2, 0.25) is 0 Å². The number of carbonyl (C=O) groups is 1. The van der Waals surface area contributed by atoms with Gasteiger partial charge in [-0.3, -0.25) is 4.79 Å². The number of aryl methyl sites for hydroxylation is 1. The van der Waals surface area contributed by atoms with E-state index in [4.69, 9.17) is 5.73 Å². The Balaban J connectivity index is 1.94. The molecule has 0 saturated carbocycles. The second-order valence-corrected chi connectivity index (χ2v) is 5.10. The molecule has 4 N–H and O–H groups in total. The molecule has 0 bridgehead atoms. The van der Waals surface area contributed by atoms with Crippen LogP contribution in [0.15, 0.2) is 35.0 Å². The average molecular weight is 276 g/mol. The molecule has 1 unspecified atom stereocenters. The van der Waals surface area contributed by atoms with Crippen molar-refractivity contribution in [1.82, 2.24) is 5.32 Å². The lowest BCUT2D eigenvalue weighted by Crippen LogP contribution is -2.28. The molecule has 1 heterocycles. The lowest BCUT2D eigenvalue weighted by atomic mass is 10.1. The average Bonchev–Trinajstić information content (AvgIpc) is 2.83. The third kappa shape index (κ3) is 3.33. The quantitative estimate of drug-likeness (QED) is 0.749. The maximum absolute atomic E-state index is 11.9. The number of aliphatic hydroxyl groups excluding tert-OH is 1. The molecule has 0 spiro atoms. The molecular formula is C14H16N2O2S. The lowest BCUT2D eigenvalue weighted by molar-refractivity contribution is 0.0916. The van der Waals surface area contributed by atoms with Crippen molar-refractivity contribution in [2.45, 2.75) is 13.0 Å². The number of thiophene rings is 1. The van der Waals surface area contributed by atoms with E-state index in [-0.39, 0.29) is 12.5 Å². The van der Waals surface area contributed by atoms with Gasteiger partial charge in [0.25, 0.3) is 5.91 Å². The monoisotopic (exact) mass is 276 g/mol. The lowest BCUT2D eigenvalue weighted by Gasteiger charge is -2.12. The van der Waals surface area contributed by atoms with Crippen molar-refractivity contribution in [2.75, 3.05) is 12.3 Å². The molecule has 0 aliphatic carbocycles. The number of amides is 1. The van der Waals surface area contributed by atoms with Gasteiger partial charge in [0.1, 0.15) is 0 Å². The highest BCUT2D eigenvalue weighted by atomic mass is 32.1. The normalized spacial score (nSPS) is 12.1. The minimum absolute atomic E-state index is 0.159. The van der Waals surface area contributed by atoms with Crippen LogP contribution in [-0.2, 0) is 0 Å². The molecule has 0 aliphatic rings. The number of rotatable bonds is 4. The van der Waals surface area contributed by atoms with Crippen molar-refractivity contribution in [1.29, 1.82) is 0 Å². The largest absolute Gasteiger partial charge is 0.399 e. The molecule has 0 aliphatic heterocycles. The zero-order valence-corrected chi connectivity index (χ0v) is 11.4. The number of aliphatic hydroxyl groups is 1. The summed E-state index contributed by atoms with van der Waals surface area (Å²) in [7, 11) is 0. The van der Waals surface area contributed by atoms with Crippen LogP contribution in [0.25, 0.3) is 0 Å². The number of hydrogen-bond acceptors (Lipinski definition) is 4. The first-order chi connectivity index (χ1) is 9.08. The summed E-state index contributed by atoms with van der Waals surface area (Å²) in [6.07, 6.45) is -0.733. The number of nitrogen functional groups attached to an aromatic ring is 1. The molecule has 4 nitrogen and oxygen atoms in total. The Morgan fingerprint density at radius 1 is 1.37 bits per heavy atom. The minimum atomic E-state index is -0.733. The van der Waals surface area contributed by atoms with Crippen molar-refractivity contribution >= 4 is 22.9 Å². The zero-order valence-electron chi connectivity index (χ0n) is 10.6. The van der Waals surface area contributed by atoms with Gasteiger partial charge in [-0.1, -0.05) is 12.1 Å². The van der Waals surface area contributed by atoms with Crippen LogP contribution in [0.4, 0.5) is 5.69 Å². The third-order valence-electron chi connectivity index (χ3n) is 2.88. The van der Waals surface area contributed by atoms with Gasteiger partial charge < -0.3 is 16.2 Å². The van der Waals surface area contributed by atoms with Gasteiger partial charge in [-0.2, -0.15) is 11.3 Å². The fourth-order valence-electron chi connectivity index (χ4n) is 1.71. The smallest absolute Gasteiger partial charge is 0.252 e. The van der Waals surface area contributed by atoms with Crippen LogP contribution >= 0.6 is 11.3 Å². The van der Waals surface area contributed by atoms with Crippen LogP contribution < -0.4 is 11.1 Å². The van der Waals surface area contributed by atoms with E-state index in [1.165, 1.54) is 11.3 Å². The predicted molar refractivity (Wildman–Crippen MR) is 77.2 cm³/mol. The summed E-state index contributed by atoms with van der Waals surface area (Å²) in [5, 5.41) is 16.4. The Bertz CT molecular complexity index is 563. The molecule has 1 amide bonds. The van der Waals surface area contributed by atoms with Gasteiger partial charge in [0.05, 0.1) is 11.7 Å². The Labute approximate surface area is 115 Å². The highest BCUT2D eigenvalue weighted by molar-refractivity contribution is 7.08. The standard InChI is InChI=1S/C14H16N2O2S/c1-9-7-19-8-12(9)14(18)16-6-13(17)10-2-4-11(15)5-3-10/h2-5,7-8,13,17H,6,15H2,1H3,(H,16,18). The summed E-state index contributed by atoms with van der Waals surface area (Å²) in [6.45, 7) is 2.07. The van der Waals surface area contributed by atoms with Gasteiger partial charge in [-0.15, -0.1) is 0 Å². The Hall–Kier alpha value is -1.85.